The predicted molar refractivity (Wildman–Crippen MR) is 182 cm³/mol. The van der Waals surface area contributed by atoms with Gasteiger partial charge in [-0.15, -0.1) is 0 Å². The number of benzene rings is 3. The van der Waals surface area contributed by atoms with E-state index in [1.54, 1.807) is 25.8 Å². The third-order valence-corrected chi connectivity index (χ3v) is 10.0. The lowest BCUT2D eigenvalue weighted by molar-refractivity contribution is -0.184. The largest absolute Gasteiger partial charge is 0.481 e. The molecular formula is C37H43N5O5. The van der Waals surface area contributed by atoms with Crippen molar-refractivity contribution in [2.24, 2.45) is 26.8 Å². The number of hydrogen-bond acceptors (Lipinski definition) is 6. The van der Waals surface area contributed by atoms with Gasteiger partial charge in [-0.05, 0) is 55.3 Å². The van der Waals surface area contributed by atoms with Crippen LogP contribution in [0.5, 0.6) is 0 Å². The topological polar surface area (TPSA) is 131 Å². The van der Waals surface area contributed by atoms with Gasteiger partial charge in [0.2, 0.25) is 11.8 Å². The normalized spacial score (nSPS) is 27.5. The highest BCUT2D eigenvalue weighted by molar-refractivity contribution is 6.05. The van der Waals surface area contributed by atoms with E-state index in [4.69, 9.17) is 5.10 Å². The fourth-order valence-electron chi connectivity index (χ4n) is 8.05. The molecule has 3 aromatic carbocycles. The fraction of sp³-hybridized carbons (Fsp3) is 0.432. The van der Waals surface area contributed by atoms with Crippen molar-refractivity contribution in [2.45, 2.75) is 79.9 Å². The summed E-state index contributed by atoms with van der Waals surface area (Å²) >= 11 is 0. The molecule has 10 heteroatoms. The highest BCUT2D eigenvalue weighted by atomic mass is 16.4. The molecule has 6 rings (SSSR count). The SMILES string of the molecule is CC(C)(C)C1=NN(c2cccc(CN3C(=O)C4(C)CC(C)(C(=O)O)CC(C)(C4)C3=O)c2)C(NC(=O)Nc2cccc3ccccc23)C1. The molecule has 47 heavy (non-hydrogen) atoms. The molecule has 2 aliphatic heterocycles. The first-order valence-electron chi connectivity index (χ1n) is 16.1. The summed E-state index contributed by atoms with van der Waals surface area (Å²) in [6.07, 6.45) is 0.737. The zero-order chi connectivity index (χ0) is 33.9. The van der Waals surface area contributed by atoms with E-state index in [9.17, 15) is 24.3 Å². The number of rotatable bonds is 6. The summed E-state index contributed by atoms with van der Waals surface area (Å²) in [5.74, 6) is -1.65. The molecule has 1 aliphatic carbocycles. The van der Waals surface area contributed by atoms with Crippen molar-refractivity contribution in [2.75, 3.05) is 10.3 Å². The second-order valence-electron chi connectivity index (χ2n) is 15.4. The highest BCUT2D eigenvalue weighted by Crippen LogP contribution is 2.58. The molecular weight excluding hydrogens is 594 g/mol. The zero-order valence-electron chi connectivity index (χ0n) is 27.9. The Balaban J connectivity index is 1.25. The molecule has 2 bridgehead atoms. The molecule has 2 fully saturated rings. The Bertz CT molecular complexity index is 1790. The number of piperidine rings is 1. The van der Waals surface area contributed by atoms with Crippen molar-refractivity contribution >= 4 is 51.7 Å². The van der Waals surface area contributed by atoms with Crippen LogP contribution in [0.3, 0.4) is 0 Å². The molecule has 0 aromatic heterocycles. The monoisotopic (exact) mass is 637 g/mol. The minimum Gasteiger partial charge on any atom is -0.481 e. The lowest BCUT2D eigenvalue weighted by atomic mass is 9.52. The van der Waals surface area contributed by atoms with Crippen molar-refractivity contribution in [1.29, 1.82) is 0 Å². The van der Waals surface area contributed by atoms with Crippen LogP contribution in [-0.4, -0.2) is 45.7 Å². The first kappa shape index (κ1) is 32.2. The lowest BCUT2D eigenvalue weighted by Crippen LogP contribution is -2.63. The molecule has 3 unspecified atom stereocenters. The van der Waals surface area contributed by atoms with Crippen molar-refractivity contribution in [3.05, 3.63) is 72.3 Å². The molecule has 1 saturated carbocycles. The van der Waals surface area contributed by atoms with Crippen molar-refractivity contribution < 1.29 is 24.3 Å². The first-order chi connectivity index (χ1) is 22.0. The molecule has 3 N–H and O–H groups in total. The number of likely N-dealkylation sites (tertiary alicyclic amines) is 1. The number of nitrogens with zero attached hydrogens (tertiary/aromatic N) is 3. The molecule has 0 spiro atoms. The standard InChI is InChI=1S/C37H43N5O5/c1-34(2,3)28-18-29(39-33(47)38-27-16-10-13-24-12-7-8-15-26(24)27)42(40-28)25-14-9-11-23(17-25)19-41-30(43)35(4)20-36(5,31(41)44)22-37(6,21-35)32(45)46/h7-17,29H,18-22H2,1-6H3,(H,45,46)(H2,38,39,47). The smallest absolute Gasteiger partial charge is 0.320 e. The maximum Gasteiger partial charge on any atom is 0.320 e. The number of carboxylic acid groups (broad SMARTS) is 1. The van der Waals surface area contributed by atoms with E-state index >= 15 is 0 Å². The van der Waals surface area contributed by atoms with E-state index in [0.717, 1.165) is 22.0 Å². The van der Waals surface area contributed by atoms with E-state index < -0.39 is 28.4 Å². The number of imide groups is 1. The van der Waals surface area contributed by atoms with Gasteiger partial charge >= 0.3 is 12.0 Å². The zero-order valence-corrected chi connectivity index (χ0v) is 27.9. The van der Waals surface area contributed by atoms with Crippen LogP contribution in [0.4, 0.5) is 16.2 Å². The first-order valence-corrected chi connectivity index (χ1v) is 16.1. The van der Waals surface area contributed by atoms with Crippen molar-refractivity contribution in [3.63, 3.8) is 0 Å². The van der Waals surface area contributed by atoms with E-state index in [1.807, 2.05) is 66.7 Å². The van der Waals surface area contributed by atoms with E-state index in [1.165, 1.54) is 4.90 Å². The molecule has 3 aromatic rings. The molecule has 4 amide bonds. The van der Waals surface area contributed by atoms with Gasteiger partial charge in [0.25, 0.3) is 0 Å². The minimum absolute atomic E-state index is 0.0593. The minimum atomic E-state index is -1.15. The van der Waals surface area contributed by atoms with Crippen molar-refractivity contribution in [3.8, 4) is 0 Å². The average molecular weight is 638 g/mol. The predicted octanol–water partition coefficient (Wildman–Crippen LogP) is 6.76. The molecule has 3 atom stereocenters. The Labute approximate surface area is 275 Å². The number of carboxylic acids is 1. The van der Waals surface area contributed by atoms with Gasteiger partial charge in [0, 0.05) is 33.8 Å². The third-order valence-electron chi connectivity index (χ3n) is 10.0. The maximum atomic E-state index is 13.9. The van der Waals surface area contributed by atoms with E-state index in [0.29, 0.717) is 24.2 Å². The van der Waals surface area contributed by atoms with Gasteiger partial charge in [0.1, 0.15) is 6.17 Å². The Morgan fingerprint density at radius 2 is 1.55 bits per heavy atom. The molecule has 10 nitrogen and oxygen atoms in total. The molecule has 1 saturated heterocycles. The molecule has 0 radical (unpaired) electrons. The number of urea groups is 1. The molecule has 3 aliphatic rings. The van der Waals surface area contributed by atoms with Crippen LogP contribution in [-0.2, 0) is 20.9 Å². The summed E-state index contributed by atoms with van der Waals surface area (Å²) in [6, 6.07) is 20.8. The van der Waals surface area contributed by atoms with Gasteiger partial charge in [-0.25, -0.2) is 9.80 Å². The number of aliphatic carboxylic acids is 1. The van der Waals surface area contributed by atoms with Gasteiger partial charge in [-0.3, -0.25) is 19.3 Å². The van der Waals surface area contributed by atoms with Crippen LogP contribution >= 0.6 is 0 Å². The summed E-state index contributed by atoms with van der Waals surface area (Å²) in [5.41, 5.74) is -0.234. The van der Waals surface area contributed by atoms with Gasteiger partial charge in [0.05, 0.1) is 23.3 Å². The Kier molecular flexibility index (Phi) is 7.68. The number of anilines is 2. The van der Waals surface area contributed by atoms with E-state index in [2.05, 4.69) is 31.4 Å². The van der Waals surface area contributed by atoms with Crippen LogP contribution in [0, 0.1) is 21.7 Å². The fourth-order valence-corrected chi connectivity index (χ4v) is 8.05. The number of fused-ring (bicyclic) bond motifs is 3. The van der Waals surface area contributed by atoms with Crippen LogP contribution < -0.4 is 15.6 Å². The average Bonchev–Trinajstić information content (AvgIpc) is 3.43. The summed E-state index contributed by atoms with van der Waals surface area (Å²) in [4.78, 5) is 54.6. The maximum absolute atomic E-state index is 13.9. The van der Waals surface area contributed by atoms with Gasteiger partial charge < -0.3 is 15.7 Å². The summed E-state index contributed by atoms with van der Waals surface area (Å²) in [7, 11) is 0. The molecule has 2 heterocycles. The quantitative estimate of drug-likeness (QED) is 0.256. The van der Waals surface area contributed by atoms with Crippen LogP contribution in [0.15, 0.2) is 71.8 Å². The van der Waals surface area contributed by atoms with Gasteiger partial charge in [-0.2, -0.15) is 5.10 Å². The number of hydrazone groups is 1. The van der Waals surface area contributed by atoms with Crippen molar-refractivity contribution in [1.82, 2.24) is 10.2 Å². The van der Waals surface area contributed by atoms with Crippen LogP contribution in [0.25, 0.3) is 10.8 Å². The second kappa shape index (κ2) is 11.2. The summed E-state index contributed by atoms with van der Waals surface area (Å²) in [6.45, 7) is 11.5. The van der Waals surface area contributed by atoms with Crippen LogP contribution in [0.2, 0.25) is 0 Å². The third kappa shape index (κ3) is 5.85. The van der Waals surface area contributed by atoms with Gasteiger partial charge in [0.15, 0.2) is 0 Å². The number of carbonyl (C=O) groups excluding carboxylic acids is 3. The van der Waals surface area contributed by atoms with E-state index in [-0.39, 0.29) is 42.6 Å². The Morgan fingerprint density at radius 1 is 0.915 bits per heavy atom. The Hall–Kier alpha value is -4.73. The number of amides is 4. The number of carbonyl (C=O) groups is 4. The number of hydrogen-bond donors (Lipinski definition) is 3. The molecule has 246 valence electrons. The Morgan fingerprint density at radius 3 is 2.21 bits per heavy atom. The second-order valence-corrected chi connectivity index (χ2v) is 15.4. The lowest BCUT2D eigenvalue weighted by Gasteiger charge is -2.55. The van der Waals surface area contributed by atoms with Crippen LogP contribution in [0.1, 0.15) is 72.8 Å². The summed E-state index contributed by atoms with van der Waals surface area (Å²) in [5, 5.41) is 24.8. The summed E-state index contributed by atoms with van der Waals surface area (Å²) < 4.78 is 0. The highest BCUT2D eigenvalue weighted by Gasteiger charge is 2.63. The number of nitrogens with one attached hydrogen (secondary N) is 2. The van der Waals surface area contributed by atoms with Gasteiger partial charge in [-0.1, -0.05) is 83.1 Å².